The number of ketones is 1. The molecule has 1 atom stereocenters. The van der Waals surface area contributed by atoms with Gasteiger partial charge in [-0.3, -0.25) is 4.79 Å². The van der Waals surface area contributed by atoms with Crippen molar-refractivity contribution < 1.29 is 9.53 Å². The largest absolute Gasteiger partial charge is 0.374 e. The molecule has 0 aliphatic heterocycles. The Hall–Kier alpha value is -0.630. The fraction of sp³-hybridized carbons (Fsp3) is 0.727. The Morgan fingerprint density at radius 1 is 1.54 bits per heavy atom. The van der Waals surface area contributed by atoms with Crippen molar-refractivity contribution in [2.75, 3.05) is 7.11 Å². The maximum Gasteiger partial charge on any atom is 0.152 e. The SMILES string of the molecule is CCCCC(C)(C=CC(C)=O)OC. The highest BCUT2D eigenvalue weighted by molar-refractivity contribution is 5.87. The Balaban J connectivity index is 4.18. The molecule has 0 heterocycles. The summed E-state index contributed by atoms with van der Waals surface area (Å²) in [5.41, 5.74) is -0.276. The summed E-state index contributed by atoms with van der Waals surface area (Å²) in [5, 5.41) is 0. The molecule has 1 unspecified atom stereocenters. The number of unbranched alkanes of at least 4 members (excludes halogenated alkanes) is 1. The Morgan fingerprint density at radius 3 is 2.54 bits per heavy atom. The van der Waals surface area contributed by atoms with Crippen molar-refractivity contribution >= 4 is 5.78 Å². The highest BCUT2D eigenvalue weighted by Crippen LogP contribution is 2.19. The van der Waals surface area contributed by atoms with Gasteiger partial charge in [0.05, 0.1) is 5.60 Å². The monoisotopic (exact) mass is 184 g/mol. The Kier molecular flexibility index (Phi) is 5.63. The molecule has 0 bridgehead atoms. The zero-order valence-electron chi connectivity index (χ0n) is 9.09. The van der Waals surface area contributed by atoms with Gasteiger partial charge in [-0.15, -0.1) is 0 Å². The molecule has 0 aromatic rings. The van der Waals surface area contributed by atoms with Crippen molar-refractivity contribution in [3.63, 3.8) is 0 Å². The van der Waals surface area contributed by atoms with Crippen molar-refractivity contribution in [2.24, 2.45) is 0 Å². The molecule has 0 aromatic carbocycles. The quantitative estimate of drug-likeness (QED) is 0.593. The van der Waals surface area contributed by atoms with E-state index < -0.39 is 0 Å². The lowest BCUT2D eigenvalue weighted by atomic mass is 9.98. The van der Waals surface area contributed by atoms with Gasteiger partial charge in [-0.25, -0.2) is 0 Å². The zero-order chi connectivity index (χ0) is 10.3. The lowest BCUT2D eigenvalue weighted by Gasteiger charge is -2.23. The van der Waals surface area contributed by atoms with Crippen LogP contribution in [-0.2, 0) is 9.53 Å². The van der Waals surface area contributed by atoms with Crippen molar-refractivity contribution in [1.29, 1.82) is 0 Å². The van der Waals surface area contributed by atoms with Gasteiger partial charge in [0.25, 0.3) is 0 Å². The minimum Gasteiger partial charge on any atom is -0.374 e. The van der Waals surface area contributed by atoms with Gasteiger partial charge in [-0.05, 0) is 32.4 Å². The topological polar surface area (TPSA) is 26.3 Å². The average Bonchev–Trinajstić information content (AvgIpc) is 2.11. The third-order valence-electron chi connectivity index (χ3n) is 2.16. The van der Waals surface area contributed by atoms with E-state index in [-0.39, 0.29) is 11.4 Å². The number of methoxy groups -OCH3 is 1. The number of carbonyl (C=O) groups is 1. The Bertz CT molecular complexity index is 185. The smallest absolute Gasteiger partial charge is 0.152 e. The van der Waals surface area contributed by atoms with Crippen LogP contribution < -0.4 is 0 Å². The highest BCUT2D eigenvalue weighted by Gasteiger charge is 2.18. The molecule has 0 saturated heterocycles. The van der Waals surface area contributed by atoms with Crippen LogP contribution in [0.4, 0.5) is 0 Å². The summed E-state index contributed by atoms with van der Waals surface area (Å²) in [6, 6.07) is 0. The second-order valence-electron chi connectivity index (χ2n) is 3.56. The molecule has 13 heavy (non-hydrogen) atoms. The van der Waals surface area contributed by atoms with Crippen LogP contribution in [0.3, 0.4) is 0 Å². The lowest BCUT2D eigenvalue weighted by Crippen LogP contribution is -2.24. The van der Waals surface area contributed by atoms with Gasteiger partial charge in [0.15, 0.2) is 5.78 Å². The molecular formula is C11H20O2. The molecule has 0 saturated carbocycles. The van der Waals surface area contributed by atoms with Gasteiger partial charge in [0, 0.05) is 7.11 Å². The molecule has 0 rings (SSSR count). The molecule has 2 heteroatoms. The summed E-state index contributed by atoms with van der Waals surface area (Å²) in [7, 11) is 1.68. The van der Waals surface area contributed by atoms with Crippen LogP contribution in [0.25, 0.3) is 0 Å². The summed E-state index contributed by atoms with van der Waals surface area (Å²) >= 11 is 0. The first kappa shape index (κ1) is 12.4. The maximum absolute atomic E-state index is 10.7. The zero-order valence-corrected chi connectivity index (χ0v) is 9.09. The number of rotatable bonds is 6. The van der Waals surface area contributed by atoms with Crippen molar-refractivity contribution in [3.05, 3.63) is 12.2 Å². The van der Waals surface area contributed by atoms with Crippen LogP contribution in [0.5, 0.6) is 0 Å². The maximum atomic E-state index is 10.7. The number of hydrogen-bond acceptors (Lipinski definition) is 2. The first-order valence-corrected chi connectivity index (χ1v) is 4.79. The number of hydrogen-bond donors (Lipinski definition) is 0. The van der Waals surface area contributed by atoms with E-state index in [0.29, 0.717) is 0 Å². The van der Waals surface area contributed by atoms with E-state index in [0.717, 1.165) is 19.3 Å². The molecule has 2 nitrogen and oxygen atoms in total. The summed E-state index contributed by atoms with van der Waals surface area (Å²) in [6.45, 7) is 5.69. The van der Waals surface area contributed by atoms with Gasteiger partial charge >= 0.3 is 0 Å². The Labute approximate surface area is 81.0 Å². The molecule has 76 valence electrons. The molecule has 0 aliphatic carbocycles. The van der Waals surface area contributed by atoms with Gasteiger partial charge < -0.3 is 4.74 Å². The second-order valence-corrected chi connectivity index (χ2v) is 3.56. The third-order valence-corrected chi connectivity index (χ3v) is 2.16. The van der Waals surface area contributed by atoms with E-state index in [1.165, 1.54) is 0 Å². The van der Waals surface area contributed by atoms with Gasteiger partial charge in [-0.2, -0.15) is 0 Å². The van der Waals surface area contributed by atoms with Gasteiger partial charge in [-0.1, -0.05) is 19.8 Å². The molecule has 0 aliphatic rings. The number of carbonyl (C=O) groups excluding carboxylic acids is 1. The fourth-order valence-electron chi connectivity index (χ4n) is 1.07. The predicted molar refractivity (Wildman–Crippen MR) is 54.8 cm³/mol. The highest BCUT2D eigenvalue weighted by atomic mass is 16.5. The van der Waals surface area contributed by atoms with Crippen LogP contribution in [0.15, 0.2) is 12.2 Å². The fourth-order valence-corrected chi connectivity index (χ4v) is 1.07. The standard InChI is InChI=1S/C11H20O2/c1-5-6-8-11(3,13-4)9-7-10(2)12/h7,9H,5-6,8H2,1-4H3. The van der Waals surface area contributed by atoms with E-state index in [1.807, 2.05) is 13.0 Å². The minimum absolute atomic E-state index is 0.0692. The minimum atomic E-state index is -0.276. The molecule has 0 radical (unpaired) electrons. The van der Waals surface area contributed by atoms with Gasteiger partial charge in [0.2, 0.25) is 0 Å². The molecule has 0 N–H and O–H groups in total. The number of allylic oxidation sites excluding steroid dienone is 1. The summed E-state index contributed by atoms with van der Waals surface area (Å²) in [6.07, 6.45) is 6.66. The van der Waals surface area contributed by atoms with Crippen LogP contribution in [-0.4, -0.2) is 18.5 Å². The lowest BCUT2D eigenvalue weighted by molar-refractivity contribution is -0.112. The molecule has 0 amide bonds. The third kappa shape index (κ3) is 5.58. The van der Waals surface area contributed by atoms with E-state index in [4.69, 9.17) is 4.74 Å². The van der Waals surface area contributed by atoms with Crippen molar-refractivity contribution in [2.45, 2.75) is 45.6 Å². The summed E-state index contributed by atoms with van der Waals surface area (Å²) in [4.78, 5) is 10.7. The van der Waals surface area contributed by atoms with Crippen LogP contribution >= 0.6 is 0 Å². The average molecular weight is 184 g/mol. The first-order chi connectivity index (χ1) is 6.04. The molecule has 0 aromatic heterocycles. The van der Waals surface area contributed by atoms with Crippen LogP contribution in [0.1, 0.15) is 40.0 Å². The summed E-state index contributed by atoms with van der Waals surface area (Å²) < 4.78 is 5.35. The van der Waals surface area contributed by atoms with E-state index >= 15 is 0 Å². The summed E-state index contributed by atoms with van der Waals surface area (Å²) in [5.74, 6) is 0.0692. The van der Waals surface area contributed by atoms with Crippen LogP contribution in [0.2, 0.25) is 0 Å². The van der Waals surface area contributed by atoms with E-state index in [2.05, 4.69) is 6.92 Å². The normalized spacial score (nSPS) is 16.0. The van der Waals surface area contributed by atoms with Crippen molar-refractivity contribution in [1.82, 2.24) is 0 Å². The van der Waals surface area contributed by atoms with Crippen molar-refractivity contribution in [3.8, 4) is 0 Å². The first-order valence-electron chi connectivity index (χ1n) is 4.79. The van der Waals surface area contributed by atoms with Gasteiger partial charge in [0.1, 0.15) is 0 Å². The van der Waals surface area contributed by atoms with Crippen LogP contribution in [0, 0.1) is 0 Å². The predicted octanol–water partition coefficient (Wildman–Crippen LogP) is 2.73. The Morgan fingerprint density at radius 2 is 2.15 bits per heavy atom. The van der Waals surface area contributed by atoms with E-state index in [1.54, 1.807) is 20.1 Å². The molecule has 0 fully saturated rings. The number of ether oxygens (including phenoxy) is 1. The second kappa shape index (κ2) is 5.92. The molecular weight excluding hydrogens is 164 g/mol. The molecule has 0 spiro atoms. The van der Waals surface area contributed by atoms with E-state index in [9.17, 15) is 4.79 Å².